The van der Waals surface area contributed by atoms with E-state index in [1.165, 1.54) is 36.4 Å². The number of nitro groups is 2. The zero-order valence-corrected chi connectivity index (χ0v) is 16.7. The Balaban J connectivity index is 1.63. The maximum Gasteiger partial charge on any atom is 0.282 e. The number of nitro benzene ring substituents is 2. The lowest BCUT2D eigenvalue weighted by molar-refractivity contribution is -0.385. The zero-order chi connectivity index (χ0) is 23.1. The maximum atomic E-state index is 12.4. The molecule has 0 aliphatic heterocycles. The van der Waals surface area contributed by atoms with Crippen molar-refractivity contribution in [2.45, 2.75) is 13.1 Å². The van der Waals surface area contributed by atoms with Crippen LogP contribution in [0.1, 0.15) is 31.8 Å². The van der Waals surface area contributed by atoms with Crippen LogP contribution >= 0.6 is 0 Å². The highest BCUT2D eigenvalue weighted by Gasteiger charge is 2.20. The molecule has 10 heteroatoms. The standard InChI is InChI=1S/C22H18N4O6/c27-21(17-8-1-3-10-19(17)25(29)30)23-13-15-6-5-7-16(12-15)14-24-22(28)18-9-2-4-11-20(18)26(31)32/h1-12H,13-14H2,(H,23,27)(H,24,28). The molecule has 32 heavy (non-hydrogen) atoms. The van der Waals surface area contributed by atoms with Crippen LogP contribution in [0.4, 0.5) is 11.4 Å². The summed E-state index contributed by atoms with van der Waals surface area (Å²) in [5.41, 5.74) is 0.799. The first-order chi connectivity index (χ1) is 15.4. The summed E-state index contributed by atoms with van der Waals surface area (Å²) in [6, 6.07) is 18.3. The Labute approximate surface area is 182 Å². The highest BCUT2D eigenvalue weighted by Crippen LogP contribution is 2.18. The summed E-state index contributed by atoms with van der Waals surface area (Å²) < 4.78 is 0. The molecule has 0 atom stereocenters. The molecule has 162 valence electrons. The van der Waals surface area contributed by atoms with E-state index in [0.29, 0.717) is 0 Å². The molecule has 0 saturated heterocycles. The number of benzene rings is 3. The van der Waals surface area contributed by atoms with Crippen molar-refractivity contribution in [2.75, 3.05) is 0 Å². The van der Waals surface area contributed by atoms with Crippen molar-refractivity contribution < 1.29 is 19.4 Å². The van der Waals surface area contributed by atoms with Gasteiger partial charge in [-0.15, -0.1) is 0 Å². The van der Waals surface area contributed by atoms with Crippen LogP contribution in [-0.4, -0.2) is 21.7 Å². The van der Waals surface area contributed by atoms with Gasteiger partial charge in [0.2, 0.25) is 0 Å². The molecule has 0 spiro atoms. The minimum atomic E-state index is -0.616. The fourth-order valence-electron chi connectivity index (χ4n) is 3.05. The number of amides is 2. The Morgan fingerprint density at radius 2 is 1.06 bits per heavy atom. The van der Waals surface area contributed by atoms with Gasteiger partial charge in [0, 0.05) is 25.2 Å². The molecule has 2 amide bonds. The number of nitrogens with one attached hydrogen (secondary N) is 2. The van der Waals surface area contributed by atoms with Gasteiger partial charge in [-0.2, -0.15) is 0 Å². The first-order valence-electron chi connectivity index (χ1n) is 9.48. The molecule has 0 fully saturated rings. The summed E-state index contributed by atoms with van der Waals surface area (Å²) in [5, 5.41) is 27.5. The molecule has 3 rings (SSSR count). The quantitative estimate of drug-likeness (QED) is 0.411. The van der Waals surface area contributed by atoms with Crippen molar-refractivity contribution in [1.82, 2.24) is 10.6 Å². The van der Waals surface area contributed by atoms with Crippen LogP contribution in [-0.2, 0) is 13.1 Å². The number of carbonyl (C=O) groups is 2. The minimum Gasteiger partial charge on any atom is -0.348 e. The number of para-hydroxylation sites is 2. The van der Waals surface area contributed by atoms with Gasteiger partial charge in [0.15, 0.2) is 0 Å². The predicted octanol–water partition coefficient (Wildman–Crippen LogP) is 3.36. The third-order valence-electron chi connectivity index (χ3n) is 4.59. The monoisotopic (exact) mass is 434 g/mol. The summed E-state index contributed by atoms with van der Waals surface area (Å²) in [7, 11) is 0. The summed E-state index contributed by atoms with van der Waals surface area (Å²) in [5.74, 6) is -1.15. The van der Waals surface area contributed by atoms with E-state index in [0.717, 1.165) is 11.1 Å². The van der Waals surface area contributed by atoms with Crippen molar-refractivity contribution in [3.05, 3.63) is 115 Å². The molecule has 0 aliphatic rings. The summed E-state index contributed by atoms with van der Waals surface area (Å²) >= 11 is 0. The van der Waals surface area contributed by atoms with Crippen LogP contribution in [0.25, 0.3) is 0 Å². The Bertz CT molecular complexity index is 1110. The lowest BCUT2D eigenvalue weighted by atomic mass is 10.1. The minimum absolute atomic E-state index is 0.0367. The van der Waals surface area contributed by atoms with E-state index >= 15 is 0 Å². The smallest absolute Gasteiger partial charge is 0.282 e. The van der Waals surface area contributed by atoms with Gasteiger partial charge in [-0.05, 0) is 23.3 Å². The molecule has 0 unspecified atom stereocenters. The fourth-order valence-corrected chi connectivity index (χ4v) is 3.05. The lowest BCUT2D eigenvalue weighted by Crippen LogP contribution is -2.25. The van der Waals surface area contributed by atoms with E-state index in [4.69, 9.17) is 0 Å². The first-order valence-corrected chi connectivity index (χ1v) is 9.48. The van der Waals surface area contributed by atoms with Gasteiger partial charge < -0.3 is 10.6 Å². The highest BCUT2D eigenvalue weighted by molar-refractivity contribution is 5.98. The third-order valence-corrected chi connectivity index (χ3v) is 4.59. The van der Waals surface area contributed by atoms with Gasteiger partial charge in [-0.1, -0.05) is 48.5 Å². The summed E-state index contributed by atoms with van der Waals surface area (Å²) in [6.07, 6.45) is 0. The molecule has 3 aromatic rings. The molecule has 2 N–H and O–H groups in total. The highest BCUT2D eigenvalue weighted by atomic mass is 16.6. The van der Waals surface area contributed by atoms with Crippen molar-refractivity contribution in [3.63, 3.8) is 0 Å². The van der Waals surface area contributed by atoms with E-state index in [1.54, 1.807) is 36.4 Å². The zero-order valence-electron chi connectivity index (χ0n) is 16.7. The summed E-state index contributed by atoms with van der Waals surface area (Å²) in [4.78, 5) is 45.7. The Kier molecular flexibility index (Phi) is 6.86. The normalized spacial score (nSPS) is 10.2. The lowest BCUT2D eigenvalue weighted by Gasteiger charge is -2.09. The van der Waals surface area contributed by atoms with Crippen LogP contribution in [0, 0.1) is 20.2 Å². The number of hydrogen-bond donors (Lipinski definition) is 2. The Morgan fingerprint density at radius 1 is 0.656 bits per heavy atom. The van der Waals surface area contributed by atoms with Crippen molar-refractivity contribution >= 4 is 23.2 Å². The largest absolute Gasteiger partial charge is 0.348 e. The van der Waals surface area contributed by atoms with Gasteiger partial charge in [0.1, 0.15) is 11.1 Å². The molecule has 0 aliphatic carbocycles. The Hall–Kier alpha value is -4.60. The average molecular weight is 434 g/mol. The third kappa shape index (κ3) is 5.30. The van der Waals surface area contributed by atoms with Gasteiger partial charge in [-0.25, -0.2) is 0 Å². The molecule has 0 radical (unpaired) electrons. The topological polar surface area (TPSA) is 144 Å². The number of nitrogens with zero attached hydrogens (tertiary/aromatic N) is 2. The average Bonchev–Trinajstić information content (AvgIpc) is 2.81. The number of hydrogen-bond acceptors (Lipinski definition) is 6. The van der Waals surface area contributed by atoms with Gasteiger partial charge in [-0.3, -0.25) is 29.8 Å². The van der Waals surface area contributed by atoms with E-state index in [9.17, 15) is 29.8 Å². The molecule has 0 heterocycles. The number of rotatable bonds is 8. The second-order valence-electron chi connectivity index (χ2n) is 6.73. The van der Waals surface area contributed by atoms with Crippen LogP contribution in [0.3, 0.4) is 0 Å². The SMILES string of the molecule is O=C(NCc1cccc(CNC(=O)c2ccccc2[N+](=O)[O-])c1)c1ccccc1[N+](=O)[O-]. The molecular weight excluding hydrogens is 416 g/mol. The van der Waals surface area contributed by atoms with Gasteiger partial charge in [0.05, 0.1) is 9.85 Å². The van der Waals surface area contributed by atoms with E-state index in [-0.39, 0.29) is 35.6 Å². The van der Waals surface area contributed by atoms with E-state index in [1.807, 2.05) is 0 Å². The van der Waals surface area contributed by atoms with Crippen LogP contribution in [0.15, 0.2) is 72.8 Å². The molecule has 0 bridgehead atoms. The number of carbonyl (C=O) groups excluding carboxylic acids is 2. The van der Waals surface area contributed by atoms with Crippen molar-refractivity contribution in [2.24, 2.45) is 0 Å². The summed E-state index contributed by atoms with van der Waals surface area (Å²) in [6.45, 7) is 0.244. The van der Waals surface area contributed by atoms with Crippen molar-refractivity contribution in [3.8, 4) is 0 Å². The van der Waals surface area contributed by atoms with Crippen molar-refractivity contribution in [1.29, 1.82) is 0 Å². The van der Waals surface area contributed by atoms with Crippen LogP contribution in [0.2, 0.25) is 0 Å². The molecular formula is C22H18N4O6. The molecule has 0 aromatic heterocycles. The maximum absolute atomic E-state index is 12.4. The van der Waals surface area contributed by atoms with E-state index < -0.39 is 21.7 Å². The second-order valence-corrected chi connectivity index (χ2v) is 6.73. The van der Waals surface area contributed by atoms with Crippen LogP contribution in [0.5, 0.6) is 0 Å². The van der Waals surface area contributed by atoms with E-state index in [2.05, 4.69) is 10.6 Å². The van der Waals surface area contributed by atoms with Gasteiger partial charge in [0.25, 0.3) is 23.2 Å². The fraction of sp³-hybridized carbons (Fsp3) is 0.0909. The van der Waals surface area contributed by atoms with Crippen LogP contribution < -0.4 is 10.6 Å². The second kappa shape index (κ2) is 9.94. The molecule has 10 nitrogen and oxygen atoms in total. The van der Waals surface area contributed by atoms with Gasteiger partial charge >= 0.3 is 0 Å². The first kappa shape index (κ1) is 22.1. The molecule has 3 aromatic carbocycles. The predicted molar refractivity (Wildman–Crippen MR) is 115 cm³/mol. The Morgan fingerprint density at radius 3 is 1.47 bits per heavy atom. The molecule has 0 saturated carbocycles.